The minimum Gasteiger partial charge on any atom is -0.388 e. The fourth-order valence-corrected chi connectivity index (χ4v) is 1.76. The van der Waals surface area contributed by atoms with E-state index in [0.717, 1.165) is 6.42 Å². The summed E-state index contributed by atoms with van der Waals surface area (Å²) in [7, 11) is 2.13. The molecule has 0 aromatic heterocycles. The highest BCUT2D eigenvalue weighted by Crippen LogP contribution is 2.25. The summed E-state index contributed by atoms with van der Waals surface area (Å²) in [4.78, 5) is 2.35. The van der Waals surface area contributed by atoms with E-state index in [9.17, 15) is 0 Å². The van der Waals surface area contributed by atoms with Crippen LogP contribution in [0.1, 0.15) is 47.5 Å². The molecule has 0 aromatic carbocycles. The monoisotopic (exact) mass is 213 g/mol. The van der Waals surface area contributed by atoms with Gasteiger partial charge in [-0.05, 0) is 25.8 Å². The molecule has 3 heteroatoms. The molecule has 0 saturated carbocycles. The van der Waals surface area contributed by atoms with Gasteiger partial charge in [0, 0.05) is 18.5 Å². The van der Waals surface area contributed by atoms with Crippen LogP contribution in [-0.4, -0.2) is 29.9 Å². The highest BCUT2D eigenvalue weighted by Gasteiger charge is 2.27. The van der Waals surface area contributed by atoms with Gasteiger partial charge in [0.25, 0.3) is 0 Å². The Bertz CT molecular complexity index is 205. The van der Waals surface area contributed by atoms with Crippen molar-refractivity contribution in [2.75, 3.05) is 7.05 Å². The molecule has 0 aromatic rings. The first-order valence-electron chi connectivity index (χ1n) is 5.75. The molecule has 0 fully saturated rings. The first-order valence-corrected chi connectivity index (χ1v) is 5.75. The minimum absolute atomic E-state index is 0.263. The van der Waals surface area contributed by atoms with Crippen LogP contribution in [0.4, 0.5) is 0 Å². The molecule has 0 amide bonds. The van der Waals surface area contributed by atoms with E-state index >= 15 is 0 Å². The molecule has 3 N–H and O–H groups in total. The Labute approximate surface area is 94.5 Å². The third kappa shape index (κ3) is 4.65. The maximum absolute atomic E-state index is 7.37. The molecule has 0 aliphatic carbocycles. The fourth-order valence-electron chi connectivity index (χ4n) is 1.76. The van der Waals surface area contributed by atoms with E-state index in [1.165, 1.54) is 0 Å². The Kier molecular flexibility index (Phi) is 5.29. The summed E-state index contributed by atoms with van der Waals surface area (Å²) in [6, 6.07) is 0.874. The molecule has 90 valence electrons. The van der Waals surface area contributed by atoms with Crippen molar-refractivity contribution < 1.29 is 0 Å². The van der Waals surface area contributed by atoms with Crippen LogP contribution >= 0.6 is 0 Å². The van der Waals surface area contributed by atoms with Crippen molar-refractivity contribution in [2.24, 2.45) is 11.1 Å². The van der Waals surface area contributed by atoms with Crippen molar-refractivity contribution in [3.63, 3.8) is 0 Å². The van der Waals surface area contributed by atoms with Crippen LogP contribution in [0.3, 0.4) is 0 Å². The van der Waals surface area contributed by atoms with E-state index in [-0.39, 0.29) is 11.3 Å². The summed E-state index contributed by atoms with van der Waals surface area (Å²) in [5, 5.41) is 7.37. The van der Waals surface area contributed by atoms with E-state index < -0.39 is 0 Å². The van der Waals surface area contributed by atoms with Crippen LogP contribution in [0.2, 0.25) is 0 Å². The van der Waals surface area contributed by atoms with Crippen molar-refractivity contribution in [3.8, 4) is 0 Å². The summed E-state index contributed by atoms with van der Waals surface area (Å²) < 4.78 is 0. The second-order valence-corrected chi connectivity index (χ2v) is 5.50. The molecule has 0 aliphatic heterocycles. The van der Waals surface area contributed by atoms with Crippen molar-refractivity contribution in [1.82, 2.24) is 4.90 Å². The average molecular weight is 213 g/mol. The second-order valence-electron chi connectivity index (χ2n) is 5.50. The molecule has 15 heavy (non-hydrogen) atoms. The lowest BCUT2D eigenvalue weighted by Gasteiger charge is -2.40. The molecule has 0 spiro atoms. The third-order valence-corrected chi connectivity index (χ3v) is 3.37. The number of nitrogens with zero attached hydrogens (tertiary/aromatic N) is 1. The molecule has 3 nitrogen and oxygen atoms in total. The molecule has 0 saturated heterocycles. The molecule has 2 unspecified atom stereocenters. The zero-order chi connectivity index (χ0) is 12.2. The van der Waals surface area contributed by atoms with Gasteiger partial charge in [-0.15, -0.1) is 0 Å². The second kappa shape index (κ2) is 5.50. The largest absolute Gasteiger partial charge is 0.388 e. The van der Waals surface area contributed by atoms with Gasteiger partial charge in [-0.25, -0.2) is 0 Å². The van der Waals surface area contributed by atoms with E-state index in [1.54, 1.807) is 0 Å². The van der Waals surface area contributed by atoms with E-state index in [1.807, 2.05) is 0 Å². The normalized spacial score (nSPS) is 16.5. The first-order chi connectivity index (χ1) is 6.70. The van der Waals surface area contributed by atoms with Gasteiger partial charge >= 0.3 is 0 Å². The first kappa shape index (κ1) is 14.4. The summed E-state index contributed by atoms with van der Waals surface area (Å²) in [6.07, 6.45) is 1.71. The van der Waals surface area contributed by atoms with Gasteiger partial charge in [0.2, 0.25) is 0 Å². The molecule has 0 bridgehead atoms. The quantitative estimate of drug-likeness (QED) is 0.544. The maximum Gasteiger partial charge on any atom is 0.0921 e. The Morgan fingerprint density at radius 1 is 1.40 bits per heavy atom. The zero-order valence-corrected chi connectivity index (χ0v) is 11.1. The lowest BCUT2D eigenvalue weighted by Crippen LogP contribution is -2.46. The number of hydrogen-bond acceptors (Lipinski definition) is 2. The fraction of sp³-hybridized carbons (Fsp3) is 0.917. The van der Waals surface area contributed by atoms with Crippen LogP contribution in [0.15, 0.2) is 0 Å². The molecule has 0 rings (SSSR count). The summed E-state index contributed by atoms with van der Waals surface area (Å²) in [6.45, 7) is 11.1. The Balaban J connectivity index is 4.50. The number of nitrogens with two attached hydrogens (primary N) is 1. The van der Waals surface area contributed by atoms with Gasteiger partial charge in [-0.3, -0.25) is 10.3 Å². The molecule has 0 heterocycles. The Hall–Kier alpha value is -0.570. The standard InChI is InChI=1S/C12H27N3/c1-7-10(8-11(13)14)15(6)9(2)12(3,4)5/h9-10H,7-8H2,1-6H3,(H3,13,14). The van der Waals surface area contributed by atoms with Gasteiger partial charge in [0.1, 0.15) is 0 Å². The van der Waals surface area contributed by atoms with Crippen LogP contribution < -0.4 is 5.73 Å². The van der Waals surface area contributed by atoms with Crippen LogP contribution in [0, 0.1) is 10.8 Å². The summed E-state index contributed by atoms with van der Waals surface area (Å²) >= 11 is 0. The van der Waals surface area contributed by atoms with E-state index in [4.69, 9.17) is 11.1 Å². The molecular weight excluding hydrogens is 186 g/mol. The van der Waals surface area contributed by atoms with Gasteiger partial charge in [-0.1, -0.05) is 27.7 Å². The summed E-state index contributed by atoms with van der Waals surface area (Å²) in [5.74, 6) is 0.287. The number of hydrogen-bond donors (Lipinski definition) is 2. The number of amidine groups is 1. The predicted octanol–water partition coefficient (Wildman–Crippen LogP) is 2.46. The molecular formula is C12H27N3. The van der Waals surface area contributed by atoms with Crippen molar-refractivity contribution >= 4 is 5.84 Å². The van der Waals surface area contributed by atoms with Gasteiger partial charge in [0.15, 0.2) is 0 Å². The smallest absolute Gasteiger partial charge is 0.0921 e. The van der Waals surface area contributed by atoms with Crippen molar-refractivity contribution in [2.45, 2.75) is 59.5 Å². The average Bonchev–Trinajstić information content (AvgIpc) is 2.10. The van der Waals surface area contributed by atoms with Crippen molar-refractivity contribution in [1.29, 1.82) is 5.41 Å². The maximum atomic E-state index is 7.37. The number of rotatable bonds is 5. The Morgan fingerprint density at radius 3 is 2.13 bits per heavy atom. The van der Waals surface area contributed by atoms with E-state index in [0.29, 0.717) is 18.5 Å². The third-order valence-electron chi connectivity index (χ3n) is 3.37. The molecule has 2 atom stereocenters. The topological polar surface area (TPSA) is 53.1 Å². The Morgan fingerprint density at radius 2 is 1.87 bits per heavy atom. The SMILES string of the molecule is CCC(CC(=N)N)N(C)C(C)C(C)(C)C. The van der Waals surface area contributed by atoms with Crippen molar-refractivity contribution in [3.05, 3.63) is 0 Å². The van der Waals surface area contributed by atoms with Gasteiger partial charge in [-0.2, -0.15) is 0 Å². The molecule has 0 radical (unpaired) electrons. The highest BCUT2D eigenvalue weighted by atomic mass is 15.2. The van der Waals surface area contributed by atoms with Crippen LogP contribution in [-0.2, 0) is 0 Å². The predicted molar refractivity (Wildman–Crippen MR) is 67.3 cm³/mol. The summed E-state index contributed by atoms with van der Waals surface area (Å²) in [5.41, 5.74) is 5.74. The lowest BCUT2D eigenvalue weighted by atomic mass is 9.86. The van der Waals surface area contributed by atoms with E-state index in [2.05, 4.69) is 46.6 Å². The molecule has 0 aliphatic rings. The lowest BCUT2D eigenvalue weighted by molar-refractivity contribution is 0.0975. The van der Waals surface area contributed by atoms with Gasteiger partial charge in [0.05, 0.1) is 5.84 Å². The minimum atomic E-state index is 0.263. The number of nitrogens with one attached hydrogen (secondary N) is 1. The highest BCUT2D eigenvalue weighted by molar-refractivity contribution is 5.77. The zero-order valence-electron chi connectivity index (χ0n) is 11.1. The van der Waals surface area contributed by atoms with Crippen LogP contribution in [0.5, 0.6) is 0 Å². The van der Waals surface area contributed by atoms with Crippen LogP contribution in [0.25, 0.3) is 0 Å². The van der Waals surface area contributed by atoms with Gasteiger partial charge < -0.3 is 5.73 Å².